The van der Waals surface area contributed by atoms with Crippen LogP contribution in [0.3, 0.4) is 0 Å². The van der Waals surface area contributed by atoms with Crippen LogP contribution in [-0.4, -0.2) is 62.8 Å². The number of hydrogen-bond donors (Lipinski definition) is 2. The third-order valence-corrected chi connectivity index (χ3v) is 4.45. The highest BCUT2D eigenvalue weighted by Gasteiger charge is 2.27. The molecule has 2 rings (SSSR count). The Balaban J connectivity index is 1.62. The number of likely N-dealkylation sites (tertiary alicyclic amines) is 1. The lowest BCUT2D eigenvalue weighted by molar-refractivity contribution is -0.126. The summed E-state index contributed by atoms with van der Waals surface area (Å²) in [7, 11) is 1.65. The Labute approximate surface area is 122 Å². The smallest absolute Gasteiger partial charge is 0.237 e. The van der Waals surface area contributed by atoms with Crippen LogP contribution >= 0.6 is 0 Å². The van der Waals surface area contributed by atoms with E-state index in [2.05, 4.69) is 15.5 Å². The van der Waals surface area contributed by atoms with Crippen LogP contribution < -0.4 is 10.6 Å². The van der Waals surface area contributed by atoms with E-state index in [4.69, 9.17) is 4.74 Å². The molecule has 0 aromatic rings. The first-order valence-electron chi connectivity index (χ1n) is 7.94. The van der Waals surface area contributed by atoms with Gasteiger partial charge in [0.2, 0.25) is 5.91 Å². The van der Waals surface area contributed by atoms with Gasteiger partial charge in [0.1, 0.15) is 0 Å². The van der Waals surface area contributed by atoms with E-state index in [1.54, 1.807) is 7.11 Å². The number of ether oxygens (including phenoxy) is 1. The highest BCUT2D eigenvalue weighted by atomic mass is 16.5. The number of nitrogens with one attached hydrogen (secondary N) is 2. The van der Waals surface area contributed by atoms with Gasteiger partial charge in [0.25, 0.3) is 0 Å². The van der Waals surface area contributed by atoms with Crippen molar-refractivity contribution in [3.63, 3.8) is 0 Å². The Bertz CT molecular complexity index is 299. The Morgan fingerprint density at radius 2 is 2.00 bits per heavy atom. The van der Waals surface area contributed by atoms with Gasteiger partial charge in [-0.15, -0.1) is 0 Å². The Hall–Kier alpha value is -0.650. The molecule has 0 aromatic heterocycles. The van der Waals surface area contributed by atoms with Gasteiger partial charge in [0.15, 0.2) is 0 Å². The van der Waals surface area contributed by atoms with Crippen molar-refractivity contribution < 1.29 is 9.53 Å². The number of piperidine rings is 1. The minimum Gasteiger partial charge on any atom is -0.383 e. The molecule has 1 atom stereocenters. The van der Waals surface area contributed by atoms with E-state index in [0.29, 0.717) is 13.2 Å². The molecule has 0 aromatic carbocycles. The molecule has 1 amide bonds. The Morgan fingerprint density at radius 1 is 1.30 bits per heavy atom. The van der Waals surface area contributed by atoms with Crippen LogP contribution in [0.5, 0.6) is 0 Å². The zero-order valence-electron chi connectivity index (χ0n) is 12.9. The Kier molecular flexibility index (Phi) is 6.26. The number of carbonyl (C=O) groups excluding carboxylic acids is 1. The Morgan fingerprint density at radius 3 is 2.60 bits per heavy atom. The normalized spacial score (nSPS) is 22.7. The zero-order valence-corrected chi connectivity index (χ0v) is 12.9. The van der Waals surface area contributed by atoms with Gasteiger partial charge in [0, 0.05) is 19.7 Å². The minimum atomic E-state index is -0.0239. The van der Waals surface area contributed by atoms with Crippen molar-refractivity contribution in [1.29, 1.82) is 0 Å². The van der Waals surface area contributed by atoms with E-state index in [0.717, 1.165) is 31.6 Å². The van der Waals surface area contributed by atoms with Crippen LogP contribution in [0.2, 0.25) is 0 Å². The zero-order chi connectivity index (χ0) is 14.4. The standard InChI is InChI=1S/C15H29N3O2/c1-12(15(19)16-7-10-20-2)18-8-5-13(6-9-18)11-17-14-3-4-14/h12-14,17H,3-11H2,1-2H3,(H,16,19). The van der Waals surface area contributed by atoms with Crippen molar-refractivity contribution in [3.05, 3.63) is 0 Å². The fourth-order valence-corrected chi connectivity index (χ4v) is 2.75. The maximum Gasteiger partial charge on any atom is 0.237 e. The van der Waals surface area contributed by atoms with E-state index in [9.17, 15) is 4.79 Å². The summed E-state index contributed by atoms with van der Waals surface area (Å²) in [6.07, 6.45) is 5.12. The molecule has 0 bridgehead atoms. The molecule has 1 saturated carbocycles. The molecule has 2 N–H and O–H groups in total. The van der Waals surface area contributed by atoms with Crippen LogP contribution in [0.25, 0.3) is 0 Å². The maximum absolute atomic E-state index is 12.0. The molecule has 116 valence electrons. The number of hydrogen-bond acceptors (Lipinski definition) is 4. The SMILES string of the molecule is COCCNC(=O)C(C)N1CCC(CNC2CC2)CC1. The van der Waals surface area contributed by atoms with Crippen molar-refractivity contribution in [2.75, 3.05) is 39.9 Å². The van der Waals surface area contributed by atoms with Crippen molar-refractivity contribution in [3.8, 4) is 0 Å². The van der Waals surface area contributed by atoms with Gasteiger partial charge in [-0.25, -0.2) is 0 Å². The number of methoxy groups -OCH3 is 1. The second-order valence-corrected chi connectivity index (χ2v) is 6.12. The third-order valence-electron chi connectivity index (χ3n) is 4.45. The first-order chi connectivity index (χ1) is 9.70. The van der Waals surface area contributed by atoms with Gasteiger partial charge >= 0.3 is 0 Å². The molecule has 1 unspecified atom stereocenters. The third kappa shape index (κ3) is 5.04. The topological polar surface area (TPSA) is 53.6 Å². The van der Waals surface area contributed by atoms with E-state index in [1.165, 1.54) is 25.7 Å². The first kappa shape index (κ1) is 15.7. The average molecular weight is 283 g/mol. The quantitative estimate of drug-likeness (QED) is 0.641. The number of amides is 1. The summed E-state index contributed by atoms with van der Waals surface area (Å²) >= 11 is 0. The molecule has 5 nitrogen and oxygen atoms in total. The van der Waals surface area contributed by atoms with Crippen molar-refractivity contribution >= 4 is 5.91 Å². The molecular formula is C15H29N3O2. The van der Waals surface area contributed by atoms with E-state index in [1.807, 2.05) is 6.92 Å². The summed E-state index contributed by atoms with van der Waals surface area (Å²) in [5, 5.41) is 6.54. The highest BCUT2D eigenvalue weighted by molar-refractivity contribution is 5.81. The van der Waals surface area contributed by atoms with Gasteiger partial charge in [-0.05, 0) is 58.2 Å². The molecule has 20 heavy (non-hydrogen) atoms. The molecule has 0 spiro atoms. The lowest BCUT2D eigenvalue weighted by atomic mass is 9.95. The lowest BCUT2D eigenvalue weighted by Gasteiger charge is -2.35. The van der Waals surface area contributed by atoms with Crippen molar-refractivity contribution in [1.82, 2.24) is 15.5 Å². The maximum atomic E-state index is 12.0. The summed E-state index contributed by atoms with van der Waals surface area (Å²) in [4.78, 5) is 14.3. The second kappa shape index (κ2) is 7.96. The second-order valence-electron chi connectivity index (χ2n) is 6.12. The van der Waals surface area contributed by atoms with Gasteiger partial charge in [-0.1, -0.05) is 0 Å². The van der Waals surface area contributed by atoms with E-state index < -0.39 is 0 Å². The van der Waals surface area contributed by atoms with E-state index >= 15 is 0 Å². The molecule has 5 heteroatoms. The van der Waals surface area contributed by atoms with Crippen LogP contribution in [0, 0.1) is 5.92 Å². The summed E-state index contributed by atoms with van der Waals surface area (Å²) in [6.45, 7) is 6.42. The molecule has 1 aliphatic carbocycles. The first-order valence-corrected chi connectivity index (χ1v) is 7.94. The van der Waals surface area contributed by atoms with E-state index in [-0.39, 0.29) is 11.9 Å². The average Bonchev–Trinajstić information content (AvgIpc) is 3.29. The predicted octanol–water partition coefficient (Wildman–Crippen LogP) is 0.602. The summed E-state index contributed by atoms with van der Waals surface area (Å²) in [5.41, 5.74) is 0. The van der Waals surface area contributed by atoms with Gasteiger partial charge in [-0.3, -0.25) is 9.69 Å². The monoisotopic (exact) mass is 283 g/mol. The molecular weight excluding hydrogens is 254 g/mol. The molecule has 0 radical (unpaired) electrons. The minimum absolute atomic E-state index is 0.0239. The van der Waals surface area contributed by atoms with Crippen LogP contribution in [-0.2, 0) is 9.53 Å². The molecule has 1 saturated heterocycles. The molecule has 1 aliphatic heterocycles. The van der Waals surface area contributed by atoms with Gasteiger partial charge in [-0.2, -0.15) is 0 Å². The van der Waals surface area contributed by atoms with Crippen LogP contribution in [0.15, 0.2) is 0 Å². The van der Waals surface area contributed by atoms with Crippen LogP contribution in [0.4, 0.5) is 0 Å². The highest BCUT2D eigenvalue weighted by Crippen LogP contribution is 2.22. The van der Waals surface area contributed by atoms with Crippen molar-refractivity contribution in [2.45, 2.75) is 44.7 Å². The predicted molar refractivity (Wildman–Crippen MR) is 79.7 cm³/mol. The number of nitrogens with zero attached hydrogens (tertiary/aromatic N) is 1. The number of carbonyl (C=O) groups is 1. The lowest BCUT2D eigenvalue weighted by Crippen LogP contribution is -2.49. The fourth-order valence-electron chi connectivity index (χ4n) is 2.75. The summed E-state index contributed by atoms with van der Waals surface area (Å²) in [6, 6.07) is 0.780. The van der Waals surface area contributed by atoms with Crippen LogP contribution in [0.1, 0.15) is 32.6 Å². The molecule has 1 heterocycles. The van der Waals surface area contributed by atoms with Crippen molar-refractivity contribution in [2.24, 2.45) is 5.92 Å². The molecule has 2 aliphatic rings. The number of rotatable bonds is 8. The molecule has 2 fully saturated rings. The van der Waals surface area contributed by atoms with Gasteiger partial charge < -0.3 is 15.4 Å². The van der Waals surface area contributed by atoms with Gasteiger partial charge in [0.05, 0.1) is 12.6 Å². The summed E-state index contributed by atoms with van der Waals surface area (Å²) < 4.78 is 4.95. The summed E-state index contributed by atoms with van der Waals surface area (Å²) in [5.74, 6) is 0.909. The largest absolute Gasteiger partial charge is 0.383 e. The fraction of sp³-hybridized carbons (Fsp3) is 0.933.